The van der Waals surface area contributed by atoms with Gasteiger partial charge in [-0.15, -0.1) is 0 Å². The minimum atomic E-state index is 0.831. The Kier molecular flexibility index (Phi) is 4.26. The van der Waals surface area contributed by atoms with Crippen LogP contribution in [0.3, 0.4) is 0 Å². The van der Waals surface area contributed by atoms with Crippen molar-refractivity contribution in [3.63, 3.8) is 0 Å². The second kappa shape index (κ2) is 6.70. The van der Waals surface area contributed by atoms with Crippen LogP contribution in [-0.4, -0.2) is 0 Å². The molecule has 0 unspecified atom stereocenters. The number of anilines is 1. The number of halogens is 1. The molecule has 0 saturated carbocycles. The highest BCUT2D eigenvalue weighted by Crippen LogP contribution is 2.30. The van der Waals surface area contributed by atoms with Crippen LogP contribution in [0.2, 0.25) is 0 Å². The third-order valence-electron chi connectivity index (χ3n) is 4.50. The topological polar surface area (TPSA) is 24.1 Å². The van der Waals surface area contributed by atoms with Crippen molar-refractivity contribution in [2.45, 2.75) is 19.4 Å². The van der Waals surface area contributed by atoms with Crippen LogP contribution in [0.25, 0.3) is 0 Å². The van der Waals surface area contributed by atoms with Crippen LogP contribution in [-0.2, 0) is 13.0 Å². The molecule has 1 aliphatic carbocycles. The van der Waals surface area contributed by atoms with E-state index in [9.17, 15) is 0 Å². The Labute approximate surface area is 151 Å². The monoisotopic (exact) mass is 378 g/mol. The van der Waals surface area contributed by atoms with E-state index < -0.39 is 0 Å². The maximum absolute atomic E-state index is 3.61. The molecule has 2 nitrogen and oxygen atoms in total. The Balaban J connectivity index is 1.50. The lowest BCUT2D eigenvalue weighted by molar-refractivity contribution is 0.773. The second-order valence-corrected chi connectivity index (χ2v) is 6.96. The molecule has 3 heteroatoms. The van der Waals surface area contributed by atoms with Gasteiger partial charge in [-0.2, -0.15) is 0 Å². The van der Waals surface area contributed by atoms with Gasteiger partial charge < -0.3 is 10.6 Å². The van der Waals surface area contributed by atoms with Crippen molar-refractivity contribution in [1.29, 1.82) is 0 Å². The Bertz CT molecular complexity index is 862. The van der Waals surface area contributed by atoms with Crippen molar-refractivity contribution in [2.75, 3.05) is 5.32 Å². The maximum Gasteiger partial charge on any atom is 0.0420 e. The van der Waals surface area contributed by atoms with E-state index in [-0.39, 0.29) is 0 Å². The first-order chi connectivity index (χ1) is 11.8. The van der Waals surface area contributed by atoms with Crippen molar-refractivity contribution in [3.8, 4) is 0 Å². The molecule has 0 amide bonds. The number of rotatable bonds is 3. The molecule has 0 spiro atoms. The van der Waals surface area contributed by atoms with Crippen LogP contribution in [0.5, 0.6) is 0 Å². The van der Waals surface area contributed by atoms with Crippen molar-refractivity contribution in [3.05, 3.63) is 99.3 Å². The predicted molar refractivity (Wildman–Crippen MR) is 104 cm³/mol. The SMILES string of the molecule is Brc1ccccc1CNC1=CC=C2Nc3ccccc3CC=C2C1. The van der Waals surface area contributed by atoms with Gasteiger partial charge in [0.15, 0.2) is 0 Å². The average molecular weight is 379 g/mol. The number of fused-ring (bicyclic) bond motifs is 2. The average Bonchev–Trinajstić information content (AvgIpc) is 2.80. The summed E-state index contributed by atoms with van der Waals surface area (Å²) in [5.41, 5.74) is 7.67. The summed E-state index contributed by atoms with van der Waals surface area (Å²) in [5, 5.41) is 7.15. The van der Waals surface area contributed by atoms with Crippen molar-refractivity contribution in [2.24, 2.45) is 0 Å². The van der Waals surface area contributed by atoms with Crippen LogP contribution < -0.4 is 10.6 Å². The highest BCUT2D eigenvalue weighted by atomic mass is 79.9. The van der Waals surface area contributed by atoms with E-state index in [1.807, 2.05) is 6.07 Å². The van der Waals surface area contributed by atoms with E-state index in [1.54, 1.807) is 0 Å². The van der Waals surface area contributed by atoms with Gasteiger partial charge in [0.2, 0.25) is 0 Å². The molecular formula is C21H19BrN2. The quantitative estimate of drug-likeness (QED) is 0.756. The van der Waals surface area contributed by atoms with Gasteiger partial charge in [-0.1, -0.05) is 58.4 Å². The molecule has 2 aromatic rings. The van der Waals surface area contributed by atoms with E-state index in [1.165, 1.54) is 33.8 Å². The number of hydrogen-bond donors (Lipinski definition) is 2. The third-order valence-corrected chi connectivity index (χ3v) is 5.27. The molecule has 4 rings (SSSR count). The molecule has 1 heterocycles. The van der Waals surface area contributed by atoms with Gasteiger partial charge in [-0.25, -0.2) is 0 Å². The normalized spacial score (nSPS) is 15.8. The van der Waals surface area contributed by atoms with Crippen molar-refractivity contribution < 1.29 is 0 Å². The fraction of sp³-hybridized carbons (Fsp3) is 0.143. The van der Waals surface area contributed by atoms with Crippen LogP contribution in [0, 0.1) is 0 Å². The van der Waals surface area contributed by atoms with E-state index in [2.05, 4.69) is 87.3 Å². The molecule has 0 radical (unpaired) electrons. The number of para-hydroxylation sites is 1. The molecule has 2 N–H and O–H groups in total. The summed E-state index contributed by atoms with van der Waals surface area (Å²) in [6.45, 7) is 0.831. The van der Waals surface area contributed by atoms with Gasteiger partial charge in [0.25, 0.3) is 0 Å². The maximum atomic E-state index is 3.61. The highest BCUT2D eigenvalue weighted by molar-refractivity contribution is 9.10. The Morgan fingerprint density at radius 2 is 1.83 bits per heavy atom. The molecule has 0 saturated heterocycles. The summed E-state index contributed by atoms with van der Waals surface area (Å²) in [4.78, 5) is 0. The molecule has 2 aromatic carbocycles. The fourth-order valence-electron chi connectivity index (χ4n) is 3.12. The van der Waals surface area contributed by atoms with Crippen LogP contribution in [0.15, 0.2) is 88.2 Å². The largest absolute Gasteiger partial charge is 0.384 e. The number of nitrogens with one attached hydrogen (secondary N) is 2. The Hall–Kier alpha value is -2.26. The zero-order valence-electron chi connectivity index (χ0n) is 13.4. The first-order valence-corrected chi connectivity index (χ1v) is 9.01. The molecular weight excluding hydrogens is 360 g/mol. The van der Waals surface area contributed by atoms with Crippen molar-refractivity contribution >= 4 is 21.6 Å². The van der Waals surface area contributed by atoms with Crippen molar-refractivity contribution in [1.82, 2.24) is 5.32 Å². The molecule has 2 aliphatic rings. The van der Waals surface area contributed by atoms with E-state index >= 15 is 0 Å². The van der Waals surface area contributed by atoms with Gasteiger partial charge in [-0.3, -0.25) is 0 Å². The molecule has 24 heavy (non-hydrogen) atoms. The number of hydrogen-bond acceptors (Lipinski definition) is 2. The lowest BCUT2D eigenvalue weighted by Gasteiger charge is -2.20. The summed E-state index contributed by atoms with van der Waals surface area (Å²) < 4.78 is 1.15. The molecule has 0 fully saturated rings. The third kappa shape index (κ3) is 3.17. The lowest BCUT2D eigenvalue weighted by atomic mass is 10.00. The van der Waals surface area contributed by atoms with Gasteiger partial charge >= 0.3 is 0 Å². The van der Waals surface area contributed by atoms with Crippen LogP contribution in [0.1, 0.15) is 17.5 Å². The summed E-state index contributed by atoms with van der Waals surface area (Å²) in [7, 11) is 0. The summed E-state index contributed by atoms with van der Waals surface area (Å²) in [5.74, 6) is 0. The molecule has 0 aromatic heterocycles. The predicted octanol–water partition coefficient (Wildman–Crippen LogP) is 5.30. The molecule has 0 bridgehead atoms. The molecule has 0 atom stereocenters. The first-order valence-electron chi connectivity index (χ1n) is 8.22. The lowest BCUT2D eigenvalue weighted by Crippen LogP contribution is -2.17. The molecule has 1 aliphatic heterocycles. The van der Waals surface area contributed by atoms with Gasteiger partial charge in [-0.05, 0) is 47.4 Å². The zero-order chi connectivity index (χ0) is 16.4. The number of allylic oxidation sites excluding steroid dienone is 5. The first kappa shape index (κ1) is 15.3. The minimum absolute atomic E-state index is 0.831. The summed E-state index contributed by atoms with van der Waals surface area (Å²) in [6, 6.07) is 16.9. The zero-order valence-corrected chi connectivity index (χ0v) is 14.9. The second-order valence-electron chi connectivity index (χ2n) is 6.11. The number of benzene rings is 2. The van der Waals surface area contributed by atoms with Gasteiger partial charge in [0.1, 0.15) is 0 Å². The van der Waals surface area contributed by atoms with E-state index in [4.69, 9.17) is 0 Å². The fourth-order valence-corrected chi connectivity index (χ4v) is 3.55. The Morgan fingerprint density at radius 1 is 1.00 bits per heavy atom. The Morgan fingerprint density at radius 3 is 2.75 bits per heavy atom. The standard InChI is InChI=1S/C21H19BrN2/c22-19-7-3-1-6-17(19)14-23-18-11-12-21-16(13-18)10-9-15-5-2-4-8-20(15)24-21/h1-8,10-12,23-24H,9,13-14H2. The van der Waals surface area contributed by atoms with Gasteiger partial charge in [0, 0.05) is 34.5 Å². The van der Waals surface area contributed by atoms with E-state index in [0.29, 0.717) is 0 Å². The van der Waals surface area contributed by atoms with E-state index in [0.717, 1.165) is 23.9 Å². The van der Waals surface area contributed by atoms with Crippen LogP contribution >= 0.6 is 15.9 Å². The summed E-state index contributed by atoms with van der Waals surface area (Å²) >= 11 is 3.61. The van der Waals surface area contributed by atoms with Crippen LogP contribution in [0.4, 0.5) is 5.69 Å². The smallest absolute Gasteiger partial charge is 0.0420 e. The molecule has 120 valence electrons. The summed E-state index contributed by atoms with van der Waals surface area (Å²) in [6.07, 6.45) is 8.63. The van der Waals surface area contributed by atoms with Gasteiger partial charge in [0.05, 0.1) is 0 Å². The minimum Gasteiger partial charge on any atom is -0.384 e. The highest BCUT2D eigenvalue weighted by Gasteiger charge is 2.16.